The van der Waals surface area contributed by atoms with E-state index in [0.717, 1.165) is 31.7 Å². The van der Waals surface area contributed by atoms with Crippen LogP contribution >= 0.6 is 0 Å². The lowest BCUT2D eigenvalue weighted by atomic mass is 10.3. The molecule has 0 aliphatic heterocycles. The lowest BCUT2D eigenvalue weighted by molar-refractivity contribution is 0.688. The van der Waals surface area contributed by atoms with Crippen LogP contribution in [0.1, 0.15) is 19.0 Å². The van der Waals surface area contributed by atoms with Crippen molar-refractivity contribution >= 4 is 5.69 Å². The fraction of sp³-hybridized carbons (Fsp3) is 0.455. The minimum atomic E-state index is 0.451. The molecule has 0 radical (unpaired) electrons. The minimum Gasteiger partial charge on any atom is -0.385 e. The van der Waals surface area contributed by atoms with Gasteiger partial charge < -0.3 is 10.6 Å². The molecule has 0 saturated carbocycles. The molecule has 4 nitrogen and oxygen atoms in total. The van der Waals surface area contributed by atoms with Gasteiger partial charge in [-0.15, -0.1) is 0 Å². The number of anilines is 1. The van der Waals surface area contributed by atoms with Crippen molar-refractivity contribution in [3.05, 3.63) is 24.0 Å². The Balaban J connectivity index is 2.28. The van der Waals surface area contributed by atoms with Gasteiger partial charge in [-0.2, -0.15) is 5.26 Å². The van der Waals surface area contributed by atoms with Crippen LogP contribution in [-0.2, 0) is 0 Å². The summed E-state index contributed by atoms with van der Waals surface area (Å²) in [5.74, 6) is 0. The normalized spacial score (nSPS) is 9.60. The van der Waals surface area contributed by atoms with Crippen LogP contribution in [0, 0.1) is 11.3 Å². The zero-order chi connectivity index (χ0) is 10.9. The van der Waals surface area contributed by atoms with Gasteiger partial charge in [0.2, 0.25) is 0 Å². The second-order valence-corrected chi connectivity index (χ2v) is 3.18. The molecule has 0 aliphatic rings. The topological polar surface area (TPSA) is 60.7 Å². The molecule has 15 heavy (non-hydrogen) atoms. The molecule has 0 spiro atoms. The van der Waals surface area contributed by atoms with Gasteiger partial charge in [0.1, 0.15) is 11.8 Å². The van der Waals surface area contributed by atoms with Crippen molar-refractivity contribution < 1.29 is 0 Å². The van der Waals surface area contributed by atoms with Crippen molar-refractivity contribution in [1.29, 1.82) is 5.26 Å². The molecule has 4 heteroatoms. The van der Waals surface area contributed by atoms with Crippen LogP contribution < -0.4 is 10.6 Å². The second-order valence-electron chi connectivity index (χ2n) is 3.18. The number of nitrogens with zero attached hydrogens (tertiary/aromatic N) is 2. The van der Waals surface area contributed by atoms with E-state index in [-0.39, 0.29) is 0 Å². The summed E-state index contributed by atoms with van der Waals surface area (Å²) in [5, 5.41) is 15.2. The maximum absolute atomic E-state index is 8.65. The van der Waals surface area contributed by atoms with Crippen molar-refractivity contribution in [3.63, 3.8) is 0 Å². The fourth-order valence-corrected chi connectivity index (χ4v) is 1.22. The molecule has 0 aromatic carbocycles. The molecule has 0 fully saturated rings. The quantitative estimate of drug-likeness (QED) is 0.687. The van der Waals surface area contributed by atoms with Gasteiger partial charge in [-0.3, -0.25) is 0 Å². The Morgan fingerprint density at radius 2 is 2.33 bits per heavy atom. The third-order valence-corrected chi connectivity index (χ3v) is 1.98. The van der Waals surface area contributed by atoms with Gasteiger partial charge in [0.25, 0.3) is 0 Å². The highest BCUT2D eigenvalue weighted by Gasteiger charge is 1.94. The summed E-state index contributed by atoms with van der Waals surface area (Å²) in [7, 11) is 0. The van der Waals surface area contributed by atoms with Gasteiger partial charge in [-0.25, -0.2) is 4.98 Å². The SMILES string of the molecule is CCNCCCNc1ccnc(C#N)c1. The molecule has 0 aliphatic carbocycles. The predicted molar refractivity (Wildman–Crippen MR) is 60.6 cm³/mol. The molecule has 0 unspecified atom stereocenters. The highest BCUT2D eigenvalue weighted by atomic mass is 14.9. The summed E-state index contributed by atoms with van der Waals surface area (Å²) in [5.41, 5.74) is 1.41. The molecular formula is C11H16N4. The van der Waals surface area contributed by atoms with E-state index in [1.807, 2.05) is 12.1 Å². The summed E-state index contributed by atoms with van der Waals surface area (Å²) >= 11 is 0. The van der Waals surface area contributed by atoms with Gasteiger partial charge in [0, 0.05) is 18.4 Å². The average Bonchev–Trinajstić information content (AvgIpc) is 2.29. The summed E-state index contributed by atoms with van der Waals surface area (Å²) in [6.45, 7) is 5.02. The third-order valence-electron chi connectivity index (χ3n) is 1.98. The lowest BCUT2D eigenvalue weighted by Gasteiger charge is -2.06. The smallest absolute Gasteiger partial charge is 0.142 e. The van der Waals surface area contributed by atoms with E-state index in [4.69, 9.17) is 5.26 Å². The van der Waals surface area contributed by atoms with Crippen LogP contribution in [-0.4, -0.2) is 24.6 Å². The molecule has 0 atom stereocenters. The van der Waals surface area contributed by atoms with Crippen LogP contribution in [0.5, 0.6) is 0 Å². The van der Waals surface area contributed by atoms with E-state index in [1.54, 1.807) is 12.3 Å². The van der Waals surface area contributed by atoms with E-state index < -0.39 is 0 Å². The Bertz CT molecular complexity index is 330. The standard InChI is InChI=1S/C11H16N4/c1-2-13-5-3-6-14-10-4-7-15-11(8-10)9-12/h4,7-8,13H,2-3,5-6H2,1H3,(H,14,15). The summed E-state index contributed by atoms with van der Waals surface area (Å²) in [4.78, 5) is 3.90. The molecule has 2 N–H and O–H groups in total. The number of rotatable bonds is 6. The Morgan fingerprint density at radius 3 is 3.07 bits per heavy atom. The zero-order valence-corrected chi connectivity index (χ0v) is 8.95. The molecule has 0 bridgehead atoms. The minimum absolute atomic E-state index is 0.451. The maximum atomic E-state index is 8.65. The van der Waals surface area contributed by atoms with Crippen LogP contribution in [0.15, 0.2) is 18.3 Å². The van der Waals surface area contributed by atoms with Crippen LogP contribution in [0.25, 0.3) is 0 Å². The molecule has 80 valence electrons. The van der Waals surface area contributed by atoms with Crippen molar-refractivity contribution in [2.45, 2.75) is 13.3 Å². The highest BCUT2D eigenvalue weighted by molar-refractivity contribution is 5.45. The maximum Gasteiger partial charge on any atom is 0.142 e. The van der Waals surface area contributed by atoms with Gasteiger partial charge >= 0.3 is 0 Å². The summed E-state index contributed by atoms with van der Waals surface area (Å²) < 4.78 is 0. The summed E-state index contributed by atoms with van der Waals surface area (Å²) in [6.07, 6.45) is 2.71. The first-order valence-corrected chi connectivity index (χ1v) is 5.17. The fourth-order valence-electron chi connectivity index (χ4n) is 1.22. The number of aromatic nitrogens is 1. The van der Waals surface area contributed by atoms with Crippen molar-refractivity contribution in [2.75, 3.05) is 25.0 Å². The Kier molecular flexibility index (Phi) is 5.20. The van der Waals surface area contributed by atoms with E-state index in [1.165, 1.54) is 0 Å². The zero-order valence-electron chi connectivity index (χ0n) is 8.95. The number of hydrogen-bond donors (Lipinski definition) is 2. The monoisotopic (exact) mass is 204 g/mol. The Labute approximate surface area is 90.3 Å². The lowest BCUT2D eigenvalue weighted by Crippen LogP contribution is -2.17. The van der Waals surface area contributed by atoms with Crippen LogP contribution in [0.2, 0.25) is 0 Å². The molecule has 1 aromatic heterocycles. The van der Waals surface area contributed by atoms with Gasteiger partial charge in [-0.1, -0.05) is 6.92 Å². The second kappa shape index (κ2) is 6.80. The van der Waals surface area contributed by atoms with Gasteiger partial charge in [0.05, 0.1) is 0 Å². The van der Waals surface area contributed by atoms with Crippen LogP contribution in [0.3, 0.4) is 0 Å². The number of nitrogens with one attached hydrogen (secondary N) is 2. The predicted octanol–water partition coefficient (Wildman–Crippen LogP) is 1.36. The number of nitriles is 1. The van der Waals surface area contributed by atoms with E-state index in [2.05, 4.69) is 22.5 Å². The number of hydrogen-bond acceptors (Lipinski definition) is 4. The van der Waals surface area contributed by atoms with E-state index in [9.17, 15) is 0 Å². The van der Waals surface area contributed by atoms with Crippen LogP contribution in [0.4, 0.5) is 5.69 Å². The van der Waals surface area contributed by atoms with Crippen molar-refractivity contribution in [2.24, 2.45) is 0 Å². The van der Waals surface area contributed by atoms with E-state index in [0.29, 0.717) is 5.69 Å². The first kappa shape index (κ1) is 11.5. The Morgan fingerprint density at radius 1 is 1.47 bits per heavy atom. The third kappa shape index (κ3) is 4.43. The molecule has 0 amide bonds. The van der Waals surface area contributed by atoms with Gasteiger partial charge in [0.15, 0.2) is 0 Å². The molecule has 0 saturated heterocycles. The molecular weight excluding hydrogens is 188 g/mol. The van der Waals surface area contributed by atoms with Crippen molar-refractivity contribution in [3.8, 4) is 6.07 Å². The number of pyridine rings is 1. The van der Waals surface area contributed by atoms with E-state index >= 15 is 0 Å². The first-order chi connectivity index (χ1) is 7.36. The molecule has 1 rings (SSSR count). The highest BCUT2D eigenvalue weighted by Crippen LogP contribution is 2.06. The largest absolute Gasteiger partial charge is 0.385 e. The Hall–Kier alpha value is -1.60. The first-order valence-electron chi connectivity index (χ1n) is 5.17. The summed E-state index contributed by atoms with van der Waals surface area (Å²) in [6, 6.07) is 5.64. The molecule has 1 heterocycles. The van der Waals surface area contributed by atoms with Crippen molar-refractivity contribution in [1.82, 2.24) is 10.3 Å². The van der Waals surface area contributed by atoms with Gasteiger partial charge in [-0.05, 0) is 31.6 Å². The molecule has 1 aromatic rings. The average molecular weight is 204 g/mol.